The molecule has 1 saturated heterocycles. The molecule has 3 amide bonds. The number of carbonyl (C=O) groups excluding carboxylic acids is 2. The van der Waals surface area contributed by atoms with Crippen molar-refractivity contribution >= 4 is 18.0 Å². The van der Waals surface area contributed by atoms with E-state index < -0.39 is 6.03 Å². The van der Waals surface area contributed by atoms with Crippen molar-refractivity contribution in [3.63, 3.8) is 0 Å². The van der Waals surface area contributed by atoms with Gasteiger partial charge in [0.2, 0.25) is 5.76 Å². The highest BCUT2D eigenvalue weighted by molar-refractivity contribution is 6.00. The summed E-state index contributed by atoms with van der Waals surface area (Å²) < 4.78 is 5.42. The predicted octanol–water partition coefficient (Wildman–Crippen LogP) is 0.252. The van der Waals surface area contributed by atoms with E-state index in [1.165, 1.54) is 6.42 Å². The molecule has 1 N–H and O–H groups in total. The Kier molecular flexibility index (Phi) is 3.10. The minimum absolute atomic E-state index is 0.115. The van der Waals surface area contributed by atoms with Crippen LogP contribution in [0.1, 0.15) is 19.3 Å². The second-order valence-electron chi connectivity index (χ2n) is 4.77. The number of piperidine rings is 1. The number of aliphatic imine (C=N–C) groups is 1. The molecule has 3 heterocycles. The molecule has 0 aromatic heterocycles. The minimum atomic E-state index is -0.433. The average Bonchev–Trinajstić information content (AvgIpc) is 2.74. The summed E-state index contributed by atoms with van der Waals surface area (Å²) in [4.78, 5) is 30.8. The maximum absolute atomic E-state index is 12.3. The Morgan fingerprint density at radius 1 is 1.26 bits per heavy atom. The zero-order valence-electron chi connectivity index (χ0n) is 10.6. The van der Waals surface area contributed by atoms with Gasteiger partial charge in [0.15, 0.2) is 0 Å². The highest BCUT2D eigenvalue weighted by Crippen LogP contribution is 2.19. The fraction of sp³-hybridized carbons (Fsp3) is 0.583. The molecule has 0 spiro atoms. The first-order valence-electron chi connectivity index (χ1n) is 6.56. The quantitative estimate of drug-likeness (QED) is 0.737. The van der Waals surface area contributed by atoms with E-state index in [0.717, 1.165) is 25.9 Å². The first-order chi connectivity index (χ1) is 9.24. The van der Waals surface area contributed by atoms with Gasteiger partial charge in [-0.1, -0.05) is 0 Å². The molecule has 1 fully saturated rings. The van der Waals surface area contributed by atoms with Gasteiger partial charge in [0.1, 0.15) is 0 Å². The van der Waals surface area contributed by atoms with Gasteiger partial charge in [0.05, 0.1) is 6.20 Å². The number of hydrogen-bond acceptors (Lipinski definition) is 4. The number of rotatable bonds is 1. The number of likely N-dealkylation sites (tertiary alicyclic amines) is 1. The van der Waals surface area contributed by atoms with Crippen molar-refractivity contribution in [2.24, 2.45) is 4.99 Å². The van der Waals surface area contributed by atoms with Crippen molar-refractivity contribution in [2.75, 3.05) is 26.2 Å². The molecule has 0 atom stereocenters. The van der Waals surface area contributed by atoms with E-state index in [1.807, 2.05) is 0 Å². The van der Waals surface area contributed by atoms with Crippen LogP contribution < -0.4 is 5.32 Å². The predicted molar refractivity (Wildman–Crippen MR) is 67.1 cm³/mol. The fourth-order valence-corrected chi connectivity index (χ4v) is 2.39. The smallest absolute Gasteiger partial charge is 0.345 e. The summed E-state index contributed by atoms with van der Waals surface area (Å²) in [5, 5.41) is 2.61. The topological polar surface area (TPSA) is 74.2 Å². The maximum atomic E-state index is 12.3. The van der Waals surface area contributed by atoms with Gasteiger partial charge in [-0.2, -0.15) is 0 Å². The van der Waals surface area contributed by atoms with Crippen LogP contribution in [0.25, 0.3) is 0 Å². The van der Waals surface area contributed by atoms with Crippen LogP contribution in [0.15, 0.2) is 17.0 Å². The number of carbonyl (C=O) groups is 2. The van der Waals surface area contributed by atoms with Crippen molar-refractivity contribution in [2.45, 2.75) is 19.3 Å². The first-order valence-corrected chi connectivity index (χ1v) is 6.56. The molecule has 3 rings (SSSR count). The van der Waals surface area contributed by atoms with Gasteiger partial charge in [-0.05, 0) is 19.3 Å². The van der Waals surface area contributed by atoms with Crippen molar-refractivity contribution < 1.29 is 14.3 Å². The van der Waals surface area contributed by atoms with E-state index in [1.54, 1.807) is 16.0 Å². The van der Waals surface area contributed by atoms with Crippen LogP contribution >= 0.6 is 0 Å². The van der Waals surface area contributed by atoms with E-state index in [2.05, 4.69) is 10.3 Å². The number of ether oxygens (including phenoxy) is 1. The summed E-state index contributed by atoms with van der Waals surface area (Å²) in [5.41, 5.74) is 0. The molecule has 7 heteroatoms. The minimum Gasteiger partial charge on any atom is -0.418 e. The highest BCUT2D eigenvalue weighted by Gasteiger charge is 2.31. The van der Waals surface area contributed by atoms with Crippen molar-refractivity contribution in [1.29, 1.82) is 0 Å². The standard InChI is InChI=1S/C12H16N4O3/c17-10(15-5-2-1-3-6-15)9-8-16-7-4-13-11(18)14-12(16)19-9/h8H,1-7H2,(H,13,18). The molecule has 0 radical (unpaired) electrons. The molecule has 0 aromatic carbocycles. The summed E-state index contributed by atoms with van der Waals surface area (Å²) in [7, 11) is 0. The molecular weight excluding hydrogens is 248 g/mol. The molecule has 0 bridgehead atoms. The van der Waals surface area contributed by atoms with Crippen molar-refractivity contribution in [3.8, 4) is 0 Å². The molecule has 0 aromatic rings. The number of hydrogen-bond donors (Lipinski definition) is 1. The molecule has 102 valence electrons. The summed E-state index contributed by atoms with van der Waals surface area (Å²) in [6.07, 6.45) is 4.87. The number of fused-ring (bicyclic) bond motifs is 1. The van der Waals surface area contributed by atoms with Gasteiger partial charge in [-0.15, -0.1) is 4.99 Å². The Morgan fingerprint density at radius 2 is 2.05 bits per heavy atom. The van der Waals surface area contributed by atoms with Gasteiger partial charge in [-0.3, -0.25) is 9.69 Å². The molecule has 19 heavy (non-hydrogen) atoms. The normalized spacial score (nSPS) is 22.8. The zero-order chi connectivity index (χ0) is 13.2. The molecular formula is C12H16N4O3. The van der Waals surface area contributed by atoms with Crippen LogP contribution in [0.3, 0.4) is 0 Å². The fourth-order valence-electron chi connectivity index (χ4n) is 2.39. The largest absolute Gasteiger partial charge is 0.418 e. The van der Waals surface area contributed by atoms with Gasteiger partial charge in [0.25, 0.3) is 5.91 Å². The lowest BCUT2D eigenvalue weighted by Gasteiger charge is -2.26. The van der Waals surface area contributed by atoms with E-state index in [-0.39, 0.29) is 17.7 Å². The summed E-state index contributed by atoms with van der Waals surface area (Å²) in [5.74, 6) is 0.145. The van der Waals surface area contributed by atoms with Crippen LogP contribution in [0.4, 0.5) is 4.79 Å². The SMILES string of the molecule is O=C1N=C2OC(C(=O)N3CCCCC3)=CN2CCN1. The van der Waals surface area contributed by atoms with E-state index in [0.29, 0.717) is 13.1 Å². The maximum Gasteiger partial charge on any atom is 0.345 e. The summed E-state index contributed by atoms with van der Waals surface area (Å²) in [6, 6.07) is -0.243. The Hall–Kier alpha value is -2.05. The Bertz CT molecular complexity index is 466. The van der Waals surface area contributed by atoms with Crippen molar-refractivity contribution in [3.05, 3.63) is 12.0 Å². The molecule has 3 aliphatic heterocycles. The van der Waals surface area contributed by atoms with Gasteiger partial charge >= 0.3 is 12.1 Å². The third-order valence-electron chi connectivity index (χ3n) is 3.40. The molecule has 0 unspecified atom stereocenters. The van der Waals surface area contributed by atoms with Crippen LogP contribution in [0.5, 0.6) is 0 Å². The van der Waals surface area contributed by atoms with Gasteiger partial charge in [-0.25, -0.2) is 4.79 Å². The summed E-state index contributed by atoms with van der Waals surface area (Å²) in [6.45, 7) is 2.58. The third kappa shape index (κ3) is 2.40. The zero-order valence-corrected chi connectivity index (χ0v) is 10.6. The number of nitrogens with zero attached hydrogens (tertiary/aromatic N) is 3. The highest BCUT2D eigenvalue weighted by atomic mass is 16.5. The summed E-state index contributed by atoms with van der Waals surface area (Å²) >= 11 is 0. The second kappa shape index (κ2) is 4.91. The Labute approximate surface area is 110 Å². The third-order valence-corrected chi connectivity index (χ3v) is 3.40. The van der Waals surface area contributed by atoms with Crippen LogP contribution in [0, 0.1) is 0 Å². The van der Waals surface area contributed by atoms with E-state index in [4.69, 9.17) is 4.74 Å². The Morgan fingerprint density at radius 3 is 2.84 bits per heavy atom. The van der Waals surface area contributed by atoms with Crippen LogP contribution in [-0.2, 0) is 9.53 Å². The number of nitrogens with one attached hydrogen (secondary N) is 1. The van der Waals surface area contributed by atoms with Crippen molar-refractivity contribution in [1.82, 2.24) is 15.1 Å². The molecule has 3 aliphatic rings. The lowest BCUT2D eigenvalue weighted by molar-refractivity contribution is -0.130. The molecule has 0 aliphatic carbocycles. The molecule has 7 nitrogen and oxygen atoms in total. The number of amides is 3. The lowest BCUT2D eigenvalue weighted by Crippen LogP contribution is -2.36. The first kappa shape index (κ1) is 12.0. The number of urea groups is 1. The Balaban J connectivity index is 1.73. The van der Waals surface area contributed by atoms with Gasteiger partial charge < -0.3 is 15.0 Å². The average molecular weight is 264 g/mol. The van der Waals surface area contributed by atoms with Crippen LogP contribution in [0.2, 0.25) is 0 Å². The van der Waals surface area contributed by atoms with E-state index >= 15 is 0 Å². The molecule has 0 saturated carbocycles. The number of amidine groups is 1. The second-order valence-corrected chi connectivity index (χ2v) is 4.77. The van der Waals surface area contributed by atoms with Gasteiger partial charge in [0, 0.05) is 26.2 Å². The monoisotopic (exact) mass is 264 g/mol. The van der Waals surface area contributed by atoms with Crippen LogP contribution in [-0.4, -0.2) is 53.9 Å². The lowest BCUT2D eigenvalue weighted by atomic mass is 10.1. The van der Waals surface area contributed by atoms with E-state index in [9.17, 15) is 9.59 Å².